The molecule has 1 aliphatic heterocycles. The molecule has 0 amide bonds. The molecule has 0 saturated carbocycles. The van der Waals surface area contributed by atoms with Crippen LogP contribution >= 0.6 is 20.1 Å². The van der Waals surface area contributed by atoms with Crippen molar-refractivity contribution in [1.82, 2.24) is 4.67 Å². The Morgan fingerprint density at radius 2 is 1.78 bits per heavy atom. The third-order valence-corrected chi connectivity index (χ3v) is 6.82. The highest BCUT2D eigenvalue weighted by atomic mass is 32.2. The van der Waals surface area contributed by atoms with Crippen molar-refractivity contribution in [2.24, 2.45) is 0 Å². The molecule has 1 rings (SSSR count). The Labute approximate surface area is 118 Å². The van der Waals surface area contributed by atoms with Gasteiger partial charge in [-0.15, -0.1) is 0 Å². The van der Waals surface area contributed by atoms with Gasteiger partial charge in [0, 0.05) is 22.5 Å². The van der Waals surface area contributed by atoms with Crippen LogP contribution in [-0.2, 0) is 4.52 Å². The summed E-state index contributed by atoms with van der Waals surface area (Å²) in [5, 5.41) is 0.307. The van der Waals surface area contributed by atoms with Gasteiger partial charge in [0.05, 0.1) is 0 Å². The van der Waals surface area contributed by atoms with Gasteiger partial charge in [0.2, 0.25) is 0 Å². The summed E-state index contributed by atoms with van der Waals surface area (Å²) in [4.78, 5) is 0. The van der Waals surface area contributed by atoms with Crippen molar-refractivity contribution in [2.45, 2.75) is 69.4 Å². The van der Waals surface area contributed by atoms with E-state index < -0.39 is 14.5 Å². The van der Waals surface area contributed by atoms with Crippen LogP contribution in [0.3, 0.4) is 0 Å². The van der Waals surface area contributed by atoms with E-state index in [1.165, 1.54) is 0 Å². The second-order valence-electron chi connectivity index (χ2n) is 5.59. The molecule has 0 N–H and O–H groups in total. The van der Waals surface area contributed by atoms with Crippen LogP contribution in [0.4, 0.5) is 4.39 Å². The number of nitrogens with zero attached hydrogens (tertiary/aromatic N) is 1. The van der Waals surface area contributed by atoms with Crippen LogP contribution in [-0.4, -0.2) is 53.9 Å². The zero-order valence-corrected chi connectivity index (χ0v) is 14.3. The molecule has 6 heteroatoms. The van der Waals surface area contributed by atoms with E-state index in [2.05, 4.69) is 46.0 Å². The minimum atomic E-state index is -0.837. The van der Waals surface area contributed by atoms with Crippen molar-refractivity contribution in [1.29, 1.82) is 0 Å². The molecule has 0 aromatic carbocycles. The van der Waals surface area contributed by atoms with E-state index in [4.69, 9.17) is 4.52 Å². The van der Waals surface area contributed by atoms with Crippen LogP contribution in [0.1, 0.15) is 34.6 Å². The molecule has 0 aromatic rings. The highest BCUT2D eigenvalue weighted by molar-refractivity contribution is 8.02. The number of rotatable bonds is 5. The fourth-order valence-electron chi connectivity index (χ4n) is 2.64. The van der Waals surface area contributed by atoms with Gasteiger partial charge in [0.25, 0.3) is 0 Å². The summed E-state index contributed by atoms with van der Waals surface area (Å²) in [6.07, 6.45) is -1.09. The largest absolute Gasteiger partial charge is 0.336 e. The number of thioether (sulfide) groups is 1. The van der Waals surface area contributed by atoms with Gasteiger partial charge < -0.3 is 4.52 Å². The molecule has 1 heterocycles. The molecule has 0 bridgehead atoms. The Kier molecular flexibility index (Phi) is 6.44. The molecule has 0 aliphatic carbocycles. The average Bonchev–Trinajstić information content (AvgIpc) is 2.44. The van der Waals surface area contributed by atoms with Gasteiger partial charge in [0.15, 0.2) is 0 Å². The predicted octanol–water partition coefficient (Wildman–Crippen LogP) is 2.86. The third-order valence-electron chi connectivity index (χ3n) is 3.31. The smallest absolute Gasteiger partial charge is 0.132 e. The third kappa shape index (κ3) is 3.85. The summed E-state index contributed by atoms with van der Waals surface area (Å²) >= 11 is 1.70. The first-order valence-electron chi connectivity index (χ1n) is 6.74. The molecule has 1 saturated heterocycles. The highest BCUT2D eigenvalue weighted by Gasteiger charge is 2.42. The van der Waals surface area contributed by atoms with Gasteiger partial charge in [-0.2, -0.15) is 11.8 Å². The summed E-state index contributed by atoms with van der Waals surface area (Å²) in [5.41, 5.74) is 0. The quantitative estimate of drug-likeness (QED) is 0.571. The van der Waals surface area contributed by atoms with Gasteiger partial charge in [-0.1, -0.05) is 6.92 Å². The standard InChI is InChI=1S/C12H26BFNOPS/c1-7(2)15(8(3)4)17(6)16-11-9(5)18-12(13)10(11)14/h7-12H,13H2,1-6H3/t9-,10+,11-,12-,17?/m1/s1. The molecular formula is C12H26BFNOPS. The molecular weight excluding hydrogens is 267 g/mol. The van der Waals surface area contributed by atoms with Gasteiger partial charge in [-0.05, 0) is 34.4 Å². The van der Waals surface area contributed by atoms with Gasteiger partial charge >= 0.3 is 0 Å². The van der Waals surface area contributed by atoms with Crippen molar-refractivity contribution in [2.75, 3.05) is 6.66 Å². The van der Waals surface area contributed by atoms with E-state index in [0.717, 1.165) is 0 Å². The van der Waals surface area contributed by atoms with Crippen LogP contribution < -0.4 is 0 Å². The number of hydrogen-bond acceptors (Lipinski definition) is 3. The molecule has 2 nitrogen and oxygen atoms in total. The predicted molar refractivity (Wildman–Crippen MR) is 84.1 cm³/mol. The molecule has 106 valence electrons. The van der Waals surface area contributed by atoms with E-state index in [1.807, 2.05) is 7.85 Å². The van der Waals surface area contributed by atoms with Crippen LogP contribution in [0, 0.1) is 0 Å². The maximum atomic E-state index is 14.1. The number of alkyl halides is 1. The van der Waals surface area contributed by atoms with Gasteiger partial charge in [-0.3, -0.25) is 4.67 Å². The van der Waals surface area contributed by atoms with Gasteiger partial charge in [-0.25, -0.2) is 4.39 Å². The fraction of sp³-hybridized carbons (Fsp3) is 1.00. The monoisotopic (exact) mass is 293 g/mol. The minimum Gasteiger partial charge on any atom is -0.336 e. The van der Waals surface area contributed by atoms with Crippen molar-refractivity contribution < 1.29 is 8.91 Å². The number of halogens is 1. The Balaban J connectivity index is 2.65. The maximum Gasteiger partial charge on any atom is 0.132 e. The summed E-state index contributed by atoms with van der Waals surface area (Å²) in [6, 6.07) is 0.863. The molecule has 0 aromatic heterocycles. The lowest BCUT2D eigenvalue weighted by atomic mass is 9.96. The normalized spacial score (nSPS) is 34.8. The first-order valence-corrected chi connectivity index (χ1v) is 9.34. The summed E-state index contributed by atoms with van der Waals surface area (Å²) in [6.45, 7) is 12.9. The summed E-state index contributed by atoms with van der Waals surface area (Å²) in [5.74, 6) is 0. The average molecular weight is 293 g/mol. The second-order valence-corrected chi connectivity index (χ2v) is 8.95. The topological polar surface area (TPSA) is 12.5 Å². The molecule has 18 heavy (non-hydrogen) atoms. The molecule has 5 atom stereocenters. The van der Waals surface area contributed by atoms with Crippen LogP contribution in [0.5, 0.6) is 0 Å². The van der Waals surface area contributed by atoms with Crippen LogP contribution in [0.25, 0.3) is 0 Å². The van der Waals surface area contributed by atoms with E-state index in [0.29, 0.717) is 12.1 Å². The van der Waals surface area contributed by atoms with E-state index in [-0.39, 0.29) is 16.5 Å². The SMILES string of the molecule is B[C@@H]1S[C@H](C)[C@@H](OP(C)N(C(C)C)C(C)C)[C@@H]1F. The Bertz CT molecular complexity index is 264. The van der Waals surface area contributed by atoms with Gasteiger partial charge in [0.1, 0.15) is 28.4 Å². The van der Waals surface area contributed by atoms with Crippen LogP contribution in [0.15, 0.2) is 0 Å². The second kappa shape index (κ2) is 6.92. The number of hydrogen-bond donors (Lipinski definition) is 0. The first kappa shape index (κ1) is 16.7. The molecule has 0 spiro atoms. The molecule has 1 fully saturated rings. The van der Waals surface area contributed by atoms with E-state index in [1.54, 1.807) is 11.8 Å². The highest BCUT2D eigenvalue weighted by Crippen LogP contribution is 2.47. The zero-order valence-electron chi connectivity index (χ0n) is 12.6. The Hall–Kier alpha value is 0.695. The fourth-order valence-corrected chi connectivity index (χ4v) is 6.12. The molecule has 1 aliphatic rings. The van der Waals surface area contributed by atoms with Crippen molar-refractivity contribution in [3.63, 3.8) is 0 Å². The first-order chi connectivity index (χ1) is 8.25. The molecule has 1 unspecified atom stereocenters. The summed E-state index contributed by atoms with van der Waals surface area (Å²) < 4.78 is 22.5. The Morgan fingerprint density at radius 3 is 2.11 bits per heavy atom. The molecule has 0 radical (unpaired) electrons. The lowest BCUT2D eigenvalue weighted by molar-refractivity contribution is 0.118. The van der Waals surface area contributed by atoms with Crippen LogP contribution in [0.2, 0.25) is 0 Å². The lowest BCUT2D eigenvalue weighted by Gasteiger charge is -2.37. The maximum absolute atomic E-state index is 14.1. The van der Waals surface area contributed by atoms with E-state index in [9.17, 15) is 4.39 Å². The zero-order chi connectivity index (χ0) is 14.0. The Morgan fingerprint density at radius 1 is 1.28 bits per heavy atom. The van der Waals surface area contributed by atoms with Crippen molar-refractivity contribution >= 4 is 27.9 Å². The lowest BCUT2D eigenvalue weighted by Crippen LogP contribution is -2.36. The summed E-state index contributed by atoms with van der Waals surface area (Å²) in [7, 11) is 1.23. The van der Waals surface area contributed by atoms with E-state index >= 15 is 0 Å². The minimum absolute atomic E-state index is 0.0555. The van der Waals surface area contributed by atoms with Crippen molar-refractivity contribution in [3.05, 3.63) is 0 Å². The van der Waals surface area contributed by atoms with Crippen molar-refractivity contribution in [3.8, 4) is 0 Å².